The van der Waals surface area contributed by atoms with Gasteiger partial charge in [0.2, 0.25) is 0 Å². The van der Waals surface area contributed by atoms with E-state index in [1.54, 1.807) is 31.5 Å². The molecule has 1 N–H and O–H groups in total. The van der Waals surface area contributed by atoms with Crippen LogP contribution < -0.4 is 4.90 Å². The zero-order chi connectivity index (χ0) is 15.9. The lowest BCUT2D eigenvalue weighted by atomic mass is 10.1. The Hall–Kier alpha value is -2.28. The lowest BCUT2D eigenvalue weighted by Crippen LogP contribution is -2.34. The highest BCUT2D eigenvalue weighted by Crippen LogP contribution is 2.24. The number of ketones is 1. The molecule has 1 aromatic carbocycles. The number of aliphatic hydroxyl groups is 1. The third kappa shape index (κ3) is 3.88. The van der Waals surface area contributed by atoms with Crippen LogP contribution in [0.4, 0.5) is 10.1 Å². The number of carbonyl (C=O) groups is 1. The molecule has 1 aromatic heterocycles. The summed E-state index contributed by atoms with van der Waals surface area (Å²) in [4.78, 5) is 13.1. The minimum absolute atomic E-state index is 0.246. The average molecular weight is 306 g/mol. The number of aromatic nitrogens is 3. The first-order valence-electron chi connectivity index (χ1n) is 7.19. The minimum Gasteiger partial charge on any atom is -0.397 e. The molecule has 1 aliphatic rings. The van der Waals surface area contributed by atoms with Crippen molar-refractivity contribution in [2.45, 2.75) is 19.8 Å². The molecule has 22 heavy (non-hydrogen) atoms. The fourth-order valence-electron chi connectivity index (χ4n) is 2.24. The van der Waals surface area contributed by atoms with Gasteiger partial charge in [0.05, 0.1) is 23.8 Å². The van der Waals surface area contributed by atoms with Crippen molar-refractivity contribution in [3.63, 3.8) is 0 Å². The summed E-state index contributed by atoms with van der Waals surface area (Å²) >= 11 is 0. The first-order chi connectivity index (χ1) is 10.7. The van der Waals surface area contributed by atoms with E-state index in [1.165, 1.54) is 10.7 Å². The van der Waals surface area contributed by atoms with Crippen LogP contribution in [0.2, 0.25) is 0 Å². The molecule has 3 rings (SSSR count). The van der Waals surface area contributed by atoms with Crippen molar-refractivity contribution in [3.8, 4) is 5.69 Å². The molecular formula is C15H19FN4O2. The van der Waals surface area contributed by atoms with Crippen LogP contribution in [0.3, 0.4) is 0 Å². The van der Waals surface area contributed by atoms with E-state index >= 15 is 0 Å². The molecule has 6 nitrogen and oxygen atoms in total. The van der Waals surface area contributed by atoms with Gasteiger partial charge in [-0.2, -0.15) is 0 Å². The highest BCUT2D eigenvalue weighted by atomic mass is 19.1. The zero-order valence-corrected chi connectivity index (χ0v) is 12.4. The van der Waals surface area contributed by atoms with Crippen molar-refractivity contribution in [3.05, 3.63) is 36.4 Å². The van der Waals surface area contributed by atoms with Crippen LogP contribution in [0.25, 0.3) is 5.69 Å². The Morgan fingerprint density at radius 1 is 1.32 bits per heavy atom. The smallest absolute Gasteiger partial charge is 0.148 e. The van der Waals surface area contributed by atoms with Crippen molar-refractivity contribution in [1.82, 2.24) is 15.0 Å². The number of halogens is 1. The largest absolute Gasteiger partial charge is 0.397 e. The van der Waals surface area contributed by atoms with Crippen molar-refractivity contribution in [2.75, 3.05) is 24.6 Å². The Morgan fingerprint density at radius 2 is 2.00 bits per heavy atom. The summed E-state index contributed by atoms with van der Waals surface area (Å²) in [6.07, 6.45) is 4.19. The standard InChI is InChI=1S/C13H13FN4O.C2H6O/c14-12-9-10(18-8-5-15-16-18)1-2-13(12)17-6-3-11(19)4-7-17;1-2-3/h1-2,5,8-9H,3-4,6-7H2;3H,2H2,1H3. The molecule has 0 bridgehead atoms. The van der Waals surface area contributed by atoms with Crippen LogP contribution in [0, 0.1) is 5.82 Å². The summed E-state index contributed by atoms with van der Waals surface area (Å²) in [5, 5.41) is 15.1. The third-order valence-electron chi connectivity index (χ3n) is 3.28. The number of aliphatic hydroxyl groups excluding tert-OH is 1. The van der Waals surface area contributed by atoms with E-state index in [4.69, 9.17) is 5.11 Å². The SMILES string of the molecule is CCO.O=C1CCN(c2ccc(-n3ccnn3)cc2F)CC1. The Morgan fingerprint density at radius 3 is 2.55 bits per heavy atom. The maximum Gasteiger partial charge on any atom is 0.148 e. The van der Waals surface area contributed by atoms with Crippen LogP contribution >= 0.6 is 0 Å². The molecule has 7 heteroatoms. The van der Waals surface area contributed by atoms with Gasteiger partial charge in [-0.15, -0.1) is 5.10 Å². The van der Waals surface area contributed by atoms with Crippen molar-refractivity contribution < 1.29 is 14.3 Å². The molecule has 0 unspecified atom stereocenters. The number of carbonyl (C=O) groups excluding carboxylic acids is 1. The molecule has 0 atom stereocenters. The number of rotatable bonds is 2. The molecule has 118 valence electrons. The quantitative estimate of drug-likeness (QED) is 0.912. The van der Waals surface area contributed by atoms with E-state index < -0.39 is 0 Å². The number of piperidine rings is 1. The molecule has 1 aliphatic heterocycles. The van der Waals surface area contributed by atoms with E-state index in [1.807, 2.05) is 4.90 Å². The Balaban J connectivity index is 0.000000545. The topological polar surface area (TPSA) is 71.2 Å². The Bertz CT molecular complexity index is 606. The van der Waals surface area contributed by atoms with Crippen LogP contribution in [0.5, 0.6) is 0 Å². The Labute approximate surface area is 128 Å². The summed E-state index contributed by atoms with van der Waals surface area (Å²) in [5.74, 6) is -0.0572. The second-order valence-electron chi connectivity index (χ2n) is 4.83. The van der Waals surface area contributed by atoms with Gasteiger partial charge in [-0.1, -0.05) is 5.21 Å². The van der Waals surface area contributed by atoms with Gasteiger partial charge in [-0.25, -0.2) is 9.07 Å². The molecule has 2 aromatic rings. The first-order valence-corrected chi connectivity index (χ1v) is 7.19. The number of hydrogen-bond donors (Lipinski definition) is 1. The normalized spacial score (nSPS) is 14.5. The van der Waals surface area contributed by atoms with Crippen molar-refractivity contribution in [2.24, 2.45) is 0 Å². The summed E-state index contributed by atoms with van der Waals surface area (Å²) in [6.45, 7) is 3.09. The van der Waals surface area contributed by atoms with Crippen LogP contribution in [-0.2, 0) is 4.79 Å². The zero-order valence-electron chi connectivity index (χ0n) is 12.4. The molecule has 0 saturated carbocycles. The number of anilines is 1. The third-order valence-corrected chi connectivity index (χ3v) is 3.28. The van der Waals surface area contributed by atoms with Gasteiger partial charge in [0.25, 0.3) is 0 Å². The lowest BCUT2D eigenvalue weighted by Gasteiger charge is -2.28. The minimum atomic E-state index is -0.303. The maximum atomic E-state index is 14.1. The van der Waals surface area contributed by atoms with Gasteiger partial charge in [0, 0.05) is 38.6 Å². The van der Waals surface area contributed by atoms with E-state index in [-0.39, 0.29) is 18.2 Å². The molecule has 0 amide bonds. The van der Waals surface area contributed by atoms with Gasteiger partial charge in [0.15, 0.2) is 0 Å². The van der Waals surface area contributed by atoms with Gasteiger partial charge >= 0.3 is 0 Å². The molecule has 1 saturated heterocycles. The molecule has 2 heterocycles. The van der Waals surface area contributed by atoms with Gasteiger partial charge in [-0.3, -0.25) is 4.79 Å². The van der Waals surface area contributed by atoms with Crippen molar-refractivity contribution >= 4 is 11.5 Å². The van der Waals surface area contributed by atoms with Gasteiger partial charge in [0.1, 0.15) is 11.6 Å². The van der Waals surface area contributed by atoms with Gasteiger partial charge in [-0.05, 0) is 19.1 Å². The fraction of sp³-hybridized carbons (Fsp3) is 0.400. The number of hydrogen-bond acceptors (Lipinski definition) is 5. The highest BCUT2D eigenvalue weighted by molar-refractivity contribution is 5.81. The van der Waals surface area contributed by atoms with E-state index in [0.29, 0.717) is 37.3 Å². The Kier molecular flexibility index (Phi) is 5.60. The number of benzene rings is 1. The molecule has 0 aliphatic carbocycles. The van der Waals surface area contributed by atoms with Crippen LogP contribution in [0.1, 0.15) is 19.8 Å². The first kappa shape index (κ1) is 16.1. The van der Waals surface area contributed by atoms with E-state index in [9.17, 15) is 9.18 Å². The average Bonchev–Trinajstić information content (AvgIpc) is 3.03. The van der Waals surface area contributed by atoms with Crippen LogP contribution in [-0.4, -0.2) is 45.6 Å². The summed E-state index contributed by atoms with van der Waals surface area (Å²) in [5.41, 5.74) is 1.17. The second kappa shape index (κ2) is 7.65. The molecular weight excluding hydrogens is 287 g/mol. The second-order valence-corrected chi connectivity index (χ2v) is 4.83. The molecule has 0 radical (unpaired) electrons. The predicted molar refractivity (Wildman–Crippen MR) is 80.5 cm³/mol. The maximum absolute atomic E-state index is 14.1. The van der Waals surface area contributed by atoms with Gasteiger partial charge < -0.3 is 10.0 Å². The highest BCUT2D eigenvalue weighted by Gasteiger charge is 2.19. The summed E-state index contributed by atoms with van der Waals surface area (Å²) < 4.78 is 15.6. The number of nitrogens with zero attached hydrogens (tertiary/aromatic N) is 4. The monoisotopic (exact) mass is 306 g/mol. The number of Topliss-reactive ketones (excluding diaryl/α,β-unsaturated/α-hetero) is 1. The summed E-state index contributed by atoms with van der Waals surface area (Å²) in [7, 11) is 0. The molecule has 1 fully saturated rings. The van der Waals surface area contributed by atoms with Crippen LogP contribution in [0.15, 0.2) is 30.6 Å². The lowest BCUT2D eigenvalue weighted by molar-refractivity contribution is -0.119. The molecule has 0 spiro atoms. The fourth-order valence-corrected chi connectivity index (χ4v) is 2.24. The van der Waals surface area contributed by atoms with Crippen molar-refractivity contribution in [1.29, 1.82) is 0 Å². The summed E-state index contributed by atoms with van der Waals surface area (Å²) in [6, 6.07) is 4.95. The van der Waals surface area contributed by atoms with E-state index in [2.05, 4.69) is 10.3 Å². The van der Waals surface area contributed by atoms with E-state index in [0.717, 1.165) is 0 Å². The predicted octanol–water partition coefficient (Wildman–Crippen LogP) is 1.57.